The highest BCUT2D eigenvalue weighted by atomic mass is 32.2. The number of hydrogen-bond acceptors (Lipinski definition) is 6. The summed E-state index contributed by atoms with van der Waals surface area (Å²) in [6.45, 7) is 5.75. The molecule has 4 rings (SSSR count). The summed E-state index contributed by atoms with van der Waals surface area (Å²) < 4.78 is 39.5. The lowest BCUT2D eigenvalue weighted by molar-refractivity contribution is -0.128. The van der Waals surface area contributed by atoms with Gasteiger partial charge in [-0.2, -0.15) is 4.31 Å². The third-order valence-electron chi connectivity index (χ3n) is 6.43. The Morgan fingerprint density at radius 1 is 1.05 bits per heavy atom. The highest BCUT2D eigenvalue weighted by Crippen LogP contribution is 2.33. The van der Waals surface area contributed by atoms with E-state index < -0.39 is 28.6 Å². The van der Waals surface area contributed by atoms with E-state index in [9.17, 15) is 18.0 Å². The number of fused-ring (bicyclic) bond motifs is 1. The average Bonchev–Trinajstić information content (AvgIpc) is 2.95. The van der Waals surface area contributed by atoms with Crippen molar-refractivity contribution in [2.45, 2.75) is 38.3 Å². The molecule has 0 spiro atoms. The van der Waals surface area contributed by atoms with Crippen LogP contribution in [0.5, 0.6) is 11.5 Å². The van der Waals surface area contributed by atoms with Gasteiger partial charge in [0, 0.05) is 13.1 Å². The third-order valence-corrected chi connectivity index (χ3v) is 8.34. The molecule has 2 amide bonds. The average molecular weight is 552 g/mol. The Hall–Kier alpha value is -3.89. The summed E-state index contributed by atoms with van der Waals surface area (Å²) in [6, 6.07) is 21.0. The summed E-state index contributed by atoms with van der Waals surface area (Å²) in [5, 5.41) is 2.86. The standard InChI is InChI=1S/C29H33N3O6S/c1-4-31(39(35,36)23-15-16-25(37-5-2)21(3)17-23)20-28(33)32-19-27(38-26-14-10-9-13-24(26)32)29(34)30-18-22-11-7-6-8-12-22/h6-17,27H,4-5,18-20H2,1-3H3,(H,30,34)/t27-/m0/s1. The molecule has 1 aliphatic heterocycles. The molecule has 206 valence electrons. The topological polar surface area (TPSA) is 105 Å². The predicted molar refractivity (Wildman–Crippen MR) is 148 cm³/mol. The van der Waals surface area contributed by atoms with Gasteiger partial charge in [-0.05, 0) is 55.3 Å². The zero-order valence-corrected chi connectivity index (χ0v) is 23.1. The summed E-state index contributed by atoms with van der Waals surface area (Å²) in [7, 11) is -3.97. The van der Waals surface area contributed by atoms with E-state index >= 15 is 0 Å². The molecule has 0 radical (unpaired) electrons. The second-order valence-corrected chi connectivity index (χ2v) is 11.0. The fourth-order valence-corrected chi connectivity index (χ4v) is 5.84. The van der Waals surface area contributed by atoms with Gasteiger partial charge in [-0.3, -0.25) is 9.59 Å². The van der Waals surface area contributed by atoms with Crippen LogP contribution in [0, 0.1) is 6.92 Å². The number of carbonyl (C=O) groups is 2. The minimum Gasteiger partial charge on any atom is -0.494 e. The Morgan fingerprint density at radius 3 is 2.46 bits per heavy atom. The Balaban J connectivity index is 1.52. The molecule has 0 saturated carbocycles. The first-order chi connectivity index (χ1) is 18.7. The molecule has 0 saturated heterocycles. The molecule has 10 heteroatoms. The van der Waals surface area contributed by atoms with Crippen LogP contribution in [-0.2, 0) is 26.2 Å². The molecule has 0 aromatic heterocycles. The maximum atomic E-state index is 13.6. The molecule has 1 N–H and O–H groups in total. The number of nitrogens with zero attached hydrogens (tertiary/aromatic N) is 2. The first kappa shape index (κ1) is 28.1. The van der Waals surface area contributed by atoms with E-state index in [2.05, 4.69) is 5.32 Å². The quantitative estimate of drug-likeness (QED) is 0.414. The number of likely N-dealkylation sites (N-methyl/N-ethyl adjacent to an activating group) is 1. The van der Waals surface area contributed by atoms with E-state index in [1.54, 1.807) is 50.2 Å². The zero-order chi connectivity index (χ0) is 28.0. The summed E-state index contributed by atoms with van der Waals surface area (Å²) in [4.78, 5) is 28.1. The van der Waals surface area contributed by atoms with E-state index in [1.807, 2.05) is 37.3 Å². The van der Waals surface area contributed by atoms with Crippen molar-refractivity contribution in [2.24, 2.45) is 0 Å². The number of aryl methyl sites for hydroxylation is 1. The molecule has 3 aromatic carbocycles. The largest absolute Gasteiger partial charge is 0.494 e. The highest BCUT2D eigenvalue weighted by Gasteiger charge is 2.35. The number of para-hydroxylation sites is 2. The molecule has 0 unspecified atom stereocenters. The summed E-state index contributed by atoms with van der Waals surface area (Å²) >= 11 is 0. The normalized spacial score (nSPS) is 14.9. The number of ether oxygens (including phenoxy) is 2. The molecular weight excluding hydrogens is 518 g/mol. The Morgan fingerprint density at radius 2 is 1.77 bits per heavy atom. The van der Waals surface area contributed by atoms with Crippen molar-refractivity contribution in [2.75, 3.05) is 31.1 Å². The second-order valence-electron chi connectivity index (χ2n) is 9.07. The first-order valence-corrected chi connectivity index (χ1v) is 14.3. The molecule has 0 fully saturated rings. The molecule has 1 heterocycles. The van der Waals surface area contributed by atoms with Gasteiger partial charge in [0.25, 0.3) is 5.91 Å². The summed E-state index contributed by atoms with van der Waals surface area (Å²) in [6.07, 6.45) is -0.951. The zero-order valence-electron chi connectivity index (χ0n) is 22.3. The molecule has 9 nitrogen and oxygen atoms in total. The lowest BCUT2D eigenvalue weighted by atomic mass is 10.1. The van der Waals surface area contributed by atoms with E-state index in [-0.39, 0.29) is 23.9 Å². The lowest BCUT2D eigenvalue weighted by Crippen LogP contribution is -2.53. The Labute approximate surface area is 229 Å². The van der Waals surface area contributed by atoms with Crippen molar-refractivity contribution in [3.05, 3.63) is 83.9 Å². The number of sulfonamides is 1. The fourth-order valence-electron chi connectivity index (χ4n) is 4.36. The first-order valence-electron chi connectivity index (χ1n) is 12.9. The SMILES string of the molecule is CCOc1ccc(S(=O)(=O)N(CC)CC(=O)N2C[C@@H](C(=O)NCc3ccccc3)Oc3ccccc32)cc1C. The van der Waals surface area contributed by atoms with Crippen molar-refractivity contribution in [3.63, 3.8) is 0 Å². The van der Waals surface area contributed by atoms with E-state index in [0.29, 0.717) is 35.9 Å². The van der Waals surface area contributed by atoms with Crippen LogP contribution in [0.3, 0.4) is 0 Å². The summed E-state index contributed by atoms with van der Waals surface area (Å²) in [5.41, 5.74) is 2.11. The fraction of sp³-hybridized carbons (Fsp3) is 0.310. The molecule has 3 aromatic rings. The van der Waals surface area contributed by atoms with Gasteiger partial charge in [0.15, 0.2) is 6.10 Å². The van der Waals surface area contributed by atoms with Crippen LogP contribution in [0.1, 0.15) is 25.0 Å². The van der Waals surface area contributed by atoms with Crippen LogP contribution < -0.4 is 19.7 Å². The van der Waals surface area contributed by atoms with Gasteiger partial charge in [-0.15, -0.1) is 0 Å². The van der Waals surface area contributed by atoms with E-state index in [4.69, 9.17) is 9.47 Å². The summed E-state index contributed by atoms with van der Waals surface area (Å²) in [5.74, 6) is 0.165. The van der Waals surface area contributed by atoms with Gasteiger partial charge in [-0.25, -0.2) is 8.42 Å². The number of hydrogen-bond donors (Lipinski definition) is 1. The number of nitrogens with one attached hydrogen (secondary N) is 1. The smallest absolute Gasteiger partial charge is 0.263 e. The van der Waals surface area contributed by atoms with Gasteiger partial charge in [-0.1, -0.05) is 49.4 Å². The van der Waals surface area contributed by atoms with Crippen LogP contribution in [-0.4, -0.2) is 56.9 Å². The Bertz CT molecular complexity index is 1430. The minimum absolute atomic E-state index is 0.0454. The van der Waals surface area contributed by atoms with Crippen LogP contribution in [0.25, 0.3) is 0 Å². The number of benzene rings is 3. The van der Waals surface area contributed by atoms with Crippen LogP contribution in [0.2, 0.25) is 0 Å². The van der Waals surface area contributed by atoms with Crippen molar-refractivity contribution < 1.29 is 27.5 Å². The van der Waals surface area contributed by atoms with Crippen molar-refractivity contribution in [3.8, 4) is 11.5 Å². The van der Waals surface area contributed by atoms with E-state index in [0.717, 1.165) is 9.87 Å². The van der Waals surface area contributed by atoms with Gasteiger partial charge < -0.3 is 19.7 Å². The maximum Gasteiger partial charge on any atom is 0.263 e. The number of amides is 2. The van der Waals surface area contributed by atoms with Crippen molar-refractivity contribution in [1.82, 2.24) is 9.62 Å². The third kappa shape index (κ3) is 6.40. The minimum atomic E-state index is -3.97. The van der Waals surface area contributed by atoms with Crippen molar-refractivity contribution in [1.29, 1.82) is 0 Å². The number of anilines is 1. The molecular formula is C29H33N3O6S. The maximum absolute atomic E-state index is 13.6. The molecule has 1 aliphatic rings. The molecule has 39 heavy (non-hydrogen) atoms. The Kier molecular flexibility index (Phi) is 8.88. The lowest BCUT2D eigenvalue weighted by Gasteiger charge is -2.35. The van der Waals surface area contributed by atoms with Crippen molar-refractivity contribution >= 4 is 27.5 Å². The van der Waals surface area contributed by atoms with E-state index in [1.165, 1.54) is 11.0 Å². The predicted octanol–water partition coefficient (Wildman–Crippen LogP) is 3.51. The second kappa shape index (κ2) is 12.3. The molecule has 0 bridgehead atoms. The molecule has 0 aliphatic carbocycles. The highest BCUT2D eigenvalue weighted by molar-refractivity contribution is 7.89. The molecule has 1 atom stereocenters. The van der Waals surface area contributed by atoms with Crippen LogP contribution >= 0.6 is 0 Å². The van der Waals surface area contributed by atoms with Crippen LogP contribution in [0.4, 0.5) is 5.69 Å². The van der Waals surface area contributed by atoms with Gasteiger partial charge in [0.2, 0.25) is 15.9 Å². The van der Waals surface area contributed by atoms with Crippen LogP contribution in [0.15, 0.2) is 77.7 Å². The van der Waals surface area contributed by atoms with Gasteiger partial charge in [0.1, 0.15) is 11.5 Å². The van der Waals surface area contributed by atoms with Gasteiger partial charge >= 0.3 is 0 Å². The number of carbonyl (C=O) groups excluding carboxylic acids is 2. The van der Waals surface area contributed by atoms with Gasteiger partial charge in [0.05, 0.1) is 30.3 Å². The number of rotatable bonds is 10. The monoisotopic (exact) mass is 551 g/mol.